The van der Waals surface area contributed by atoms with Crippen LogP contribution in [0.25, 0.3) is 0 Å². The van der Waals surface area contributed by atoms with Crippen LogP contribution in [0.2, 0.25) is 0 Å². The Labute approximate surface area is 126 Å². The van der Waals surface area contributed by atoms with Gasteiger partial charge in [-0.25, -0.2) is 9.59 Å². The lowest BCUT2D eigenvalue weighted by Gasteiger charge is -2.27. The van der Waals surface area contributed by atoms with E-state index >= 15 is 0 Å². The number of carbonyl (C=O) groups excluding carboxylic acids is 1. The van der Waals surface area contributed by atoms with Gasteiger partial charge in [-0.1, -0.05) is 36.7 Å². The van der Waals surface area contributed by atoms with Crippen molar-refractivity contribution in [3.63, 3.8) is 0 Å². The maximum atomic E-state index is 11.9. The molecule has 1 rings (SSSR count). The highest BCUT2D eigenvalue weighted by Gasteiger charge is 2.32. The third-order valence-electron chi connectivity index (χ3n) is 2.69. The third kappa shape index (κ3) is 4.85. The average molecular weight is 343 g/mol. The summed E-state index contributed by atoms with van der Waals surface area (Å²) in [7, 11) is 0. The number of hydrogen-bond acceptors (Lipinski definition) is 2. The van der Waals surface area contributed by atoms with Crippen molar-refractivity contribution in [1.29, 1.82) is 0 Å². The van der Waals surface area contributed by atoms with E-state index < -0.39 is 23.5 Å². The van der Waals surface area contributed by atoms with Crippen molar-refractivity contribution >= 4 is 33.6 Å². The number of amides is 2. The fraction of sp³-hybridized carbons (Fsp3) is 0.429. The van der Waals surface area contributed by atoms with Gasteiger partial charge in [0.25, 0.3) is 0 Å². The number of aryl methyl sites for hydroxylation is 1. The second-order valence-corrected chi connectivity index (χ2v) is 6.67. The maximum Gasteiger partial charge on any atom is 0.326 e. The van der Waals surface area contributed by atoms with Crippen molar-refractivity contribution < 1.29 is 14.7 Å². The Morgan fingerprint density at radius 1 is 1.25 bits per heavy atom. The van der Waals surface area contributed by atoms with E-state index in [0.29, 0.717) is 5.69 Å². The van der Waals surface area contributed by atoms with E-state index in [1.54, 1.807) is 32.9 Å². The molecule has 20 heavy (non-hydrogen) atoms. The first kappa shape index (κ1) is 16.5. The Hall–Kier alpha value is -1.56. The molecule has 3 N–H and O–H groups in total. The van der Waals surface area contributed by atoms with E-state index in [-0.39, 0.29) is 0 Å². The molecular weight excluding hydrogens is 324 g/mol. The highest BCUT2D eigenvalue weighted by atomic mass is 79.9. The molecule has 6 heteroatoms. The Kier molecular flexibility index (Phi) is 5.16. The zero-order valence-electron chi connectivity index (χ0n) is 12.0. The standard InChI is InChI=1S/C14H19BrN2O3/c1-8-5-9(15)7-10(6-8)16-13(20)17-11(12(18)19)14(2,3)4/h5-7,11H,1-4H3,(H,18,19)(H2,16,17,20). The fourth-order valence-electron chi connectivity index (χ4n) is 1.76. The zero-order chi connectivity index (χ0) is 15.5. The monoisotopic (exact) mass is 342 g/mol. The second kappa shape index (κ2) is 6.26. The number of hydrogen-bond donors (Lipinski definition) is 3. The lowest BCUT2D eigenvalue weighted by molar-refractivity contribution is -0.141. The molecule has 0 bridgehead atoms. The van der Waals surface area contributed by atoms with Gasteiger partial charge in [-0.05, 0) is 36.1 Å². The Bertz CT molecular complexity index is 503. The molecule has 1 aromatic carbocycles. The summed E-state index contributed by atoms with van der Waals surface area (Å²) >= 11 is 3.34. The molecule has 0 aliphatic rings. The minimum atomic E-state index is -1.06. The van der Waals surface area contributed by atoms with E-state index in [1.165, 1.54) is 0 Å². The van der Waals surface area contributed by atoms with Crippen molar-refractivity contribution in [2.75, 3.05) is 5.32 Å². The minimum absolute atomic E-state index is 0.537. The summed E-state index contributed by atoms with van der Waals surface area (Å²) < 4.78 is 0.846. The van der Waals surface area contributed by atoms with Crippen molar-refractivity contribution in [1.82, 2.24) is 5.32 Å². The Balaban J connectivity index is 2.78. The first-order chi connectivity index (χ1) is 9.09. The molecule has 0 spiro atoms. The number of benzene rings is 1. The van der Waals surface area contributed by atoms with Crippen molar-refractivity contribution in [3.8, 4) is 0 Å². The van der Waals surface area contributed by atoms with Gasteiger partial charge in [-0.2, -0.15) is 0 Å². The molecule has 0 saturated heterocycles. The number of halogens is 1. The van der Waals surface area contributed by atoms with Crippen LogP contribution in [0, 0.1) is 12.3 Å². The highest BCUT2D eigenvalue weighted by Crippen LogP contribution is 2.21. The quantitative estimate of drug-likeness (QED) is 0.787. The number of urea groups is 1. The van der Waals surface area contributed by atoms with Crippen LogP contribution in [-0.4, -0.2) is 23.1 Å². The van der Waals surface area contributed by atoms with Gasteiger partial charge >= 0.3 is 12.0 Å². The fourth-order valence-corrected chi connectivity index (χ4v) is 2.36. The molecule has 0 aromatic heterocycles. The molecule has 0 aliphatic heterocycles. The lowest BCUT2D eigenvalue weighted by atomic mass is 9.87. The molecule has 0 saturated carbocycles. The highest BCUT2D eigenvalue weighted by molar-refractivity contribution is 9.10. The van der Waals surface area contributed by atoms with Gasteiger partial charge in [0.05, 0.1) is 0 Å². The van der Waals surface area contributed by atoms with Crippen LogP contribution in [0.3, 0.4) is 0 Å². The first-order valence-electron chi connectivity index (χ1n) is 6.17. The number of aliphatic carboxylic acids is 1. The van der Waals surface area contributed by atoms with Gasteiger partial charge in [-0.15, -0.1) is 0 Å². The molecule has 0 radical (unpaired) electrons. The smallest absolute Gasteiger partial charge is 0.326 e. The molecule has 0 heterocycles. The number of rotatable bonds is 3. The van der Waals surface area contributed by atoms with Crippen molar-refractivity contribution in [3.05, 3.63) is 28.2 Å². The third-order valence-corrected chi connectivity index (χ3v) is 3.15. The number of anilines is 1. The van der Waals surface area contributed by atoms with Crippen molar-refractivity contribution in [2.45, 2.75) is 33.7 Å². The van der Waals surface area contributed by atoms with Crippen LogP contribution < -0.4 is 10.6 Å². The van der Waals surface area contributed by atoms with Gasteiger partial charge in [-0.3, -0.25) is 0 Å². The molecule has 0 aliphatic carbocycles. The van der Waals surface area contributed by atoms with Crippen LogP contribution in [0.15, 0.2) is 22.7 Å². The lowest BCUT2D eigenvalue weighted by Crippen LogP contribution is -2.50. The molecule has 1 aromatic rings. The van der Waals surface area contributed by atoms with Crippen LogP contribution in [0.4, 0.5) is 10.5 Å². The molecule has 5 nitrogen and oxygen atoms in total. The van der Waals surface area contributed by atoms with Gasteiger partial charge in [0.1, 0.15) is 6.04 Å². The van der Waals surface area contributed by atoms with Gasteiger partial charge in [0.15, 0.2) is 0 Å². The largest absolute Gasteiger partial charge is 0.480 e. The summed E-state index contributed by atoms with van der Waals surface area (Å²) in [4.78, 5) is 23.1. The SMILES string of the molecule is Cc1cc(Br)cc(NC(=O)NC(C(=O)O)C(C)(C)C)c1. The number of nitrogens with one attached hydrogen (secondary N) is 2. The molecule has 0 fully saturated rings. The first-order valence-corrected chi connectivity index (χ1v) is 6.96. The molecular formula is C14H19BrN2O3. The average Bonchev–Trinajstić information content (AvgIpc) is 2.22. The van der Waals surface area contributed by atoms with E-state index in [2.05, 4.69) is 26.6 Å². The molecule has 110 valence electrons. The van der Waals surface area contributed by atoms with Gasteiger partial charge < -0.3 is 15.7 Å². The number of carboxylic acids is 1. The van der Waals surface area contributed by atoms with Crippen LogP contribution in [0.1, 0.15) is 26.3 Å². The minimum Gasteiger partial charge on any atom is -0.480 e. The van der Waals surface area contributed by atoms with Crippen LogP contribution in [0.5, 0.6) is 0 Å². The van der Waals surface area contributed by atoms with E-state index in [9.17, 15) is 9.59 Å². The van der Waals surface area contributed by atoms with Crippen LogP contribution >= 0.6 is 15.9 Å². The van der Waals surface area contributed by atoms with Crippen LogP contribution in [-0.2, 0) is 4.79 Å². The summed E-state index contributed by atoms with van der Waals surface area (Å²) in [6.45, 7) is 7.18. The Morgan fingerprint density at radius 3 is 2.30 bits per heavy atom. The summed E-state index contributed by atoms with van der Waals surface area (Å²) in [6, 6.07) is 3.97. The van der Waals surface area contributed by atoms with E-state index in [1.807, 2.05) is 13.0 Å². The molecule has 2 amide bonds. The van der Waals surface area contributed by atoms with Gasteiger partial charge in [0, 0.05) is 10.2 Å². The molecule has 1 atom stereocenters. The predicted molar refractivity (Wildman–Crippen MR) is 81.9 cm³/mol. The molecule has 1 unspecified atom stereocenters. The number of carboxylic acid groups (broad SMARTS) is 1. The topological polar surface area (TPSA) is 78.4 Å². The predicted octanol–water partition coefficient (Wildman–Crippen LogP) is 3.38. The van der Waals surface area contributed by atoms with Crippen molar-refractivity contribution in [2.24, 2.45) is 5.41 Å². The van der Waals surface area contributed by atoms with E-state index in [0.717, 1.165) is 10.0 Å². The van der Waals surface area contributed by atoms with Gasteiger partial charge in [0.2, 0.25) is 0 Å². The normalized spacial score (nSPS) is 12.7. The summed E-state index contributed by atoms with van der Waals surface area (Å²) in [6.07, 6.45) is 0. The maximum absolute atomic E-state index is 11.9. The zero-order valence-corrected chi connectivity index (χ0v) is 13.5. The van der Waals surface area contributed by atoms with E-state index in [4.69, 9.17) is 5.11 Å². The second-order valence-electron chi connectivity index (χ2n) is 5.75. The summed E-state index contributed by atoms with van der Waals surface area (Å²) in [5.41, 5.74) is 1.02. The summed E-state index contributed by atoms with van der Waals surface area (Å²) in [5, 5.41) is 14.3. The Morgan fingerprint density at radius 2 is 1.85 bits per heavy atom. The summed E-state index contributed by atoms with van der Waals surface area (Å²) in [5.74, 6) is -1.06. The number of carbonyl (C=O) groups is 2.